The van der Waals surface area contributed by atoms with Gasteiger partial charge in [0.1, 0.15) is 0 Å². The average molecular weight is 266 g/mol. The standard InChI is InChI=1S/C17H34N2/c1-2-3-4-5-6-7-14-19(17-8-9-17)15-16-10-12-18-13-11-16/h16-18H,2-15H2,1H3. The smallest absolute Gasteiger partial charge is 0.00965 e. The summed E-state index contributed by atoms with van der Waals surface area (Å²) in [5.41, 5.74) is 0. The van der Waals surface area contributed by atoms with Crippen LogP contribution in [0.4, 0.5) is 0 Å². The highest BCUT2D eigenvalue weighted by atomic mass is 15.2. The molecule has 1 saturated carbocycles. The van der Waals surface area contributed by atoms with E-state index in [0.717, 1.165) is 12.0 Å². The fourth-order valence-corrected chi connectivity index (χ4v) is 3.35. The summed E-state index contributed by atoms with van der Waals surface area (Å²) in [6.07, 6.45) is 14.3. The van der Waals surface area contributed by atoms with Crippen LogP contribution < -0.4 is 5.32 Å². The summed E-state index contributed by atoms with van der Waals surface area (Å²) in [5, 5.41) is 3.49. The van der Waals surface area contributed by atoms with Gasteiger partial charge in [-0.25, -0.2) is 0 Å². The van der Waals surface area contributed by atoms with Crippen LogP contribution in [-0.2, 0) is 0 Å². The van der Waals surface area contributed by atoms with E-state index >= 15 is 0 Å². The maximum Gasteiger partial charge on any atom is 0.00965 e. The van der Waals surface area contributed by atoms with Crippen molar-refractivity contribution in [3.63, 3.8) is 0 Å². The van der Waals surface area contributed by atoms with E-state index in [9.17, 15) is 0 Å². The van der Waals surface area contributed by atoms with Crippen molar-refractivity contribution in [1.82, 2.24) is 10.2 Å². The Labute approximate surface area is 120 Å². The molecule has 1 aliphatic carbocycles. The van der Waals surface area contributed by atoms with Crippen LogP contribution in [0.5, 0.6) is 0 Å². The van der Waals surface area contributed by atoms with Crippen LogP contribution in [0, 0.1) is 5.92 Å². The monoisotopic (exact) mass is 266 g/mol. The summed E-state index contributed by atoms with van der Waals surface area (Å²) in [6, 6.07) is 0.963. The molecule has 1 N–H and O–H groups in total. The van der Waals surface area contributed by atoms with E-state index in [0.29, 0.717) is 0 Å². The number of unbranched alkanes of at least 4 members (excludes halogenated alkanes) is 5. The molecule has 1 saturated heterocycles. The zero-order chi connectivity index (χ0) is 13.3. The van der Waals surface area contributed by atoms with Gasteiger partial charge < -0.3 is 10.2 Å². The minimum atomic E-state index is 0.963. The van der Waals surface area contributed by atoms with Gasteiger partial charge >= 0.3 is 0 Å². The molecule has 2 aliphatic rings. The van der Waals surface area contributed by atoms with E-state index in [1.54, 1.807) is 0 Å². The van der Waals surface area contributed by atoms with Crippen LogP contribution in [0.1, 0.15) is 71.1 Å². The van der Waals surface area contributed by atoms with Gasteiger partial charge in [-0.05, 0) is 57.7 Å². The second kappa shape index (κ2) is 8.97. The van der Waals surface area contributed by atoms with E-state index < -0.39 is 0 Å². The number of piperidine rings is 1. The first-order valence-electron chi connectivity index (χ1n) is 8.85. The first-order chi connectivity index (χ1) is 9.40. The Kier molecular flexibility index (Phi) is 7.23. The maximum absolute atomic E-state index is 3.49. The number of hydrogen-bond donors (Lipinski definition) is 1. The van der Waals surface area contributed by atoms with Gasteiger partial charge in [-0.15, -0.1) is 0 Å². The molecule has 0 unspecified atom stereocenters. The van der Waals surface area contributed by atoms with Crippen molar-refractivity contribution >= 4 is 0 Å². The molecular formula is C17H34N2. The normalized spacial score (nSPS) is 21.2. The largest absolute Gasteiger partial charge is 0.317 e. The third-order valence-electron chi connectivity index (χ3n) is 4.81. The van der Waals surface area contributed by atoms with E-state index in [-0.39, 0.29) is 0 Å². The van der Waals surface area contributed by atoms with E-state index in [2.05, 4.69) is 17.1 Å². The molecule has 2 fully saturated rings. The minimum Gasteiger partial charge on any atom is -0.317 e. The molecule has 0 aromatic heterocycles. The van der Waals surface area contributed by atoms with Crippen molar-refractivity contribution in [2.45, 2.75) is 77.2 Å². The Balaban J connectivity index is 1.57. The van der Waals surface area contributed by atoms with Crippen molar-refractivity contribution in [1.29, 1.82) is 0 Å². The molecular weight excluding hydrogens is 232 g/mol. The Bertz CT molecular complexity index is 219. The molecule has 2 rings (SSSR count). The molecule has 19 heavy (non-hydrogen) atoms. The molecule has 2 heteroatoms. The van der Waals surface area contributed by atoms with Gasteiger partial charge in [0.15, 0.2) is 0 Å². The van der Waals surface area contributed by atoms with E-state index in [1.807, 2.05) is 0 Å². The van der Waals surface area contributed by atoms with Crippen molar-refractivity contribution < 1.29 is 0 Å². The third kappa shape index (κ3) is 6.27. The molecule has 1 aliphatic heterocycles. The summed E-state index contributed by atoms with van der Waals surface area (Å²) >= 11 is 0. The van der Waals surface area contributed by atoms with Gasteiger partial charge in [-0.3, -0.25) is 0 Å². The molecule has 0 radical (unpaired) electrons. The second-order valence-electron chi connectivity index (χ2n) is 6.69. The van der Waals surface area contributed by atoms with E-state index in [1.165, 1.54) is 90.4 Å². The molecule has 0 atom stereocenters. The van der Waals surface area contributed by atoms with Crippen LogP contribution >= 0.6 is 0 Å². The lowest BCUT2D eigenvalue weighted by atomic mass is 9.97. The van der Waals surface area contributed by atoms with Gasteiger partial charge in [0.05, 0.1) is 0 Å². The number of nitrogens with zero attached hydrogens (tertiary/aromatic N) is 1. The van der Waals surface area contributed by atoms with Crippen LogP contribution in [0.15, 0.2) is 0 Å². The lowest BCUT2D eigenvalue weighted by Crippen LogP contribution is -2.37. The van der Waals surface area contributed by atoms with Crippen LogP contribution in [-0.4, -0.2) is 37.1 Å². The predicted molar refractivity (Wildman–Crippen MR) is 83.6 cm³/mol. The van der Waals surface area contributed by atoms with Crippen LogP contribution in [0.2, 0.25) is 0 Å². The SMILES string of the molecule is CCCCCCCCN(CC1CCNCC1)C1CC1. The number of nitrogens with one attached hydrogen (secondary N) is 1. The molecule has 0 spiro atoms. The fourth-order valence-electron chi connectivity index (χ4n) is 3.35. The van der Waals surface area contributed by atoms with Crippen LogP contribution in [0.3, 0.4) is 0 Å². The molecule has 0 bridgehead atoms. The number of rotatable bonds is 10. The molecule has 0 aromatic carbocycles. The summed E-state index contributed by atoms with van der Waals surface area (Å²) in [4.78, 5) is 2.83. The Morgan fingerprint density at radius 2 is 1.58 bits per heavy atom. The lowest BCUT2D eigenvalue weighted by Gasteiger charge is -2.30. The lowest BCUT2D eigenvalue weighted by molar-refractivity contribution is 0.194. The molecule has 0 amide bonds. The molecule has 1 heterocycles. The molecule has 0 aromatic rings. The molecule has 112 valence electrons. The second-order valence-corrected chi connectivity index (χ2v) is 6.69. The summed E-state index contributed by atoms with van der Waals surface area (Å²) < 4.78 is 0. The van der Waals surface area contributed by atoms with Crippen molar-refractivity contribution in [2.24, 2.45) is 5.92 Å². The third-order valence-corrected chi connectivity index (χ3v) is 4.81. The topological polar surface area (TPSA) is 15.3 Å². The van der Waals surface area contributed by atoms with Crippen molar-refractivity contribution in [3.8, 4) is 0 Å². The van der Waals surface area contributed by atoms with Crippen LogP contribution in [0.25, 0.3) is 0 Å². The fraction of sp³-hybridized carbons (Fsp3) is 1.00. The summed E-state index contributed by atoms with van der Waals surface area (Å²) in [7, 11) is 0. The van der Waals surface area contributed by atoms with Gasteiger partial charge in [0.25, 0.3) is 0 Å². The quantitative estimate of drug-likeness (QED) is 0.605. The Morgan fingerprint density at radius 3 is 2.26 bits per heavy atom. The van der Waals surface area contributed by atoms with Crippen molar-refractivity contribution in [3.05, 3.63) is 0 Å². The highest BCUT2D eigenvalue weighted by Crippen LogP contribution is 2.29. The highest BCUT2D eigenvalue weighted by Gasteiger charge is 2.30. The predicted octanol–water partition coefficient (Wildman–Crippen LogP) is 3.81. The van der Waals surface area contributed by atoms with Gasteiger partial charge in [-0.2, -0.15) is 0 Å². The summed E-state index contributed by atoms with van der Waals surface area (Å²) in [6.45, 7) is 7.57. The highest BCUT2D eigenvalue weighted by molar-refractivity contribution is 4.86. The maximum atomic E-state index is 3.49. The first-order valence-corrected chi connectivity index (χ1v) is 8.85. The van der Waals surface area contributed by atoms with Crippen molar-refractivity contribution in [2.75, 3.05) is 26.2 Å². The average Bonchev–Trinajstić information content (AvgIpc) is 3.27. The zero-order valence-electron chi connectivity index (χ0n) is 13.0. The first kappa shape index (κ1) is 15.3. The molecule has 2 nitrogen and oxygen atoms in total. The Hall–Kier alpha value is -0.0800. The number of hydrogen-bond acceptors (Lipinski definition) is 2. The van der Waals surface area contributed by atoms with Gasteiger partial charge in [0.2, 0.25) is 0 Å². The van der Waals surface area contributed by atoms with Gasteiger partial charge in [0, 0.05) is 12.6 Å². The van der Waals surface area contributed by atoms with E-state index in [4.69, 9.17) is 0 Å². The minimum absolute atomic E-state index is 0.963. The van der Waals surface area contributed by atoms with Gasteiger partial charge in [-0.1, -0.05) is 39.0 Å². The Morgan fingerprint density at radius 1 is 0.895 bits per heavy atom. The summed E-state index contributed by atoms with van der Waals surface area (Å²) in [5.74, 6) is 0.974. The zero-order valence-corrected chi connectivity index (χ0v) is 13.0.